The molecule has 1 aromatic carbocycles. The molecule has 0 heterocycles. The van der Waals surface area contributed by atoms with Crippen molar-refractivity contribution in [3.8, 4) is 0 Å². The Hall–Kier alpha value is -1.55. The van der Waals surface area contributed by atoms with E-state index in [9.17, 15) is 0 Å². The lowest BCUT2D eigenvalue weighted by atomic mass is 9.86. The Morgan fingerprint density at radius 2 is 1.94 bits per heavy atom. The maximum absolute atomic E-state index is 6.06. The van der Waals surface area contributed by atoms with E-state index in [0.717, 1.165) is 5.56 Å². The highest BCUT2D eigenvalue weighted by Crippen LogP contribution is 2.25. The zero-order chi connectivity index (χ0) is 13.1. The molecule has 0 fully saturated rings. The van der Waals surface area contributed by atoms with E-state index in [4.69, 9.17) is 23.1 Å². The SMILES string of the molecule is CC(C)(C)c1ccc(Cl)c(C=NN=C(N)N)c1. The zero-order valence-corrected chi connectivity index (χ0v) is 11.0. The number of nitrogens with two attached hydrogens (primary N) is 2. The quantitative estimate of drug-likeness (QED) is 0.481. The largest absolute Gasteiger partial charge is 0.369 e. The van der Waals surface area contributed by atoms with Crippen LogP contribution < -0.4 is 11.5 Å². The van der Waals surface area contributed by atoms with Gasteiger partial charge in [-0.05, 0) is 23.1 Å². The van der Waals surface area contributed by atoms with Crippen LogP contribution in [-0.4, -0.2) is 12.2 Å². The molecular formula is C12H17ClN4. The van der Waals surface area contributed by atoms with Gasteiger partial charge in [0.15, 0.2) is 0 Å². The molecule has 1 rings (SSSR count). The molecule has 0 amide bonds. The second-order valence-corrected chi connectivity index (χ2v) is 5.16. The fourth-order valence-corrected chi connectivity index (χ4v) is 1.43. The highest BCUT2D eigenvalue weighted by atomic mass is 35.5. The summed E-state index contributed by atoms with van der Waals surface area (Å²) in [5.74, 6) is -0.0793. The topological polar surface area (TPSA) is 76.8 Å². The number of nitrogens with zero attached hydrogens (tertiary/aromatic N) is 2. The van der Waals surface area contributed by atoms with E-state index in [0.29, 0.717) is 5.02 Å². The van der Waals surface area contributed by atoms with Gasteiger partial charge in [-0.25, -0.2) is 0 Å². The second-order valence-electron chi connectivity index (χ2n) is 4.76. The number of rotatable bonds is 2. The summed E-state index contributed by atoms with van der Waals surface area (Å²) in [6.07, 6.45) is 1.54. The molecule has 0 bridgehead atoms. The predicted octanol–water partition coefficient (Wildman–Crippen LogP) is 2.24. The molecule has 0 saturated carbocycles. The van der Waals surface area contributed by atoms with Crippen LogP contribution in [0.15, 0.2) is 28.4 Å². The van der Waals surface area contributed by atoms with E-state index in [1.54, 1.807) is 0 Å². The molecule has 4 nitrogen and oxygen atoms in total. The van der Waals surface area contributed by atoms with Crippen molar-refractivity contribution < 1.29 is 0 Å². The van der Waals surface area contributed by atoms with E-state index in [2.05, 4.69) is 31.0 Å². The van der Waals surface area contributed by atoms with Crippen LogP contribution in [0.1, 0.15) is 31.9 Å². The first kappa shape index (κ1) is 13.5. The molecular weight excluding hydrogens is 236 g/mol. The van der Waals surface area contributed by atoms with E-state index < -0.39 is 0 Å². The highest BCUT2D eigenvalue weighted by Gasteiger charge is 2.14. The lowest BCUT2D eigenvalue weighted by Crippen LogP contribution is -2.21. The maximum Gasteiger partial charge on any atom is 0.211 e. The molecule has 17 heavy (non-hydrogen) atoms. The summed E-state index contributed by atoms with van der Waals surface area (Å²) in [6.45, 7) is 6.40. The Kier molecular flexibility index (Phi) is 4.12. The van der Waals surface area contributed by atoms with Gasteiger partial charge in [-0.1, -0.05) is 38.4 Å². The molecule has 0 unspecified atom stereocenters. The molecule has 0 aliphatic rings. The minimum absolute atomic E-state index is 0.0589. The van der Waals surface area contributed by atoms with Gasteiger partial charge >= 0.3 is 0 Å². The van der Waals surface area contributed by atoms with Crippen molar-refractivity contribution in [2.75, 3.05) is 0 Å². The van der Waals surface area contributed by atoms with Crippen molar-refractivity contribution in [2.24, 2.45) is 21.7 Å². The molecule has 92 valence electrons. The molecule has 0 spiro atoms. The summed E-state index contributed by atoms with van der Waals surface area (Å²) in [5, 5.41) is 7.91. The van der Waals surface area contributed by atoms with Crippen LogP contribution in [0.2, 0.25) is 5.02 Å². The van der Waals surface area contributed by atoms with Gasteiger partial charge in [0.1, 0.15) is 0 Å². The van der Waals surface area contributed by atoms with Gasteiger partial charge in [0.05, 0.1) is 6.21 Å². The fraction of sp³-hybridized carbons (Fsp3) is 0.333. The Morgan fingerprint density at radius 1 is 1.29 bits per heavy atom. The van der Waals surface area contributed by atoms with Gasteiger partial charge in [0.2, 0.25) is 5.96 Å². The van der Waals surface area contributed by atoms with Crippen LogP contribution in [0.5, 0.6) is 0 Å². The second kappa shape index (κ2) is 5.19. The van der Waals surface area contributed by atoms with Crippen LogP contribution >= 0.6 is 11.6 Å². The fourth-order valence-electron chi connectivity index (χ4n) is 1.27. The van der Waals surface area contributed by atoms with Crippen molar-refractivity contribution in [2.45, 2.75) is 26.2 Å². The lowest BCUT2D eigenvalue weighted by Gasteiger charge is -2.19. The summed E-state index contributed by atoms with van der Waals surface area (Å²) >= 11 is 6.06. The van der Waals surface area contributed by atoms with E-state index >= 15 is 0 Å². The van der Waals surface area contributed by atoms with Gasteiger partial charge in [-0.2, -0.15) is 5.10 Å². The molecule has 4 N–H and O–H groups in total. The average Bonchev–Trinajstić information content (AvgIpc) is 2.18. The third kappa shape index (κ3) is 4.07. The first-order valence-corrected chi connectivity index (χ1v) is 5.60. The minimum atomic E-state index is -0.0793. The standard InChI is InChI=1S/C12H17ClN4/c1-12(2,3)9-4-5-10(13)8(6-9)7-16-17-11(14)15/h4-7H,1-3H3,(H4,14,15,17). The Morgan fingerprint density at radius 3 is 2.47 bits per heavy atom. The Bertz CT molecular complexity index is 454. The van der Waals surface area contributed by atoms with Crippen molar-refractivity contribution in [3.05, 3.63) is 34.3 Å². The van der Waals surface area contributed by atoms with Crippen LogP contribution in [0.3, 0.4) is 0 Å². The summed E-state index contributed by atoms with van der Waals surface area (Å²) in [5.41, 5.74) is 12.4. The third-order valence-corrected chi connectivity index (χ3v) is 2.58. The normalized spacial score (nSPS) is 11.8. The number of hydrogen-bond donors (Lipinski definition) is 2. The van der Waals surface area contributed by atoms with Crippen LogP contribution in [0, 0.1) is 0 Å². The van der Waals surface area contributed by atoms with Crippen LogP contribution in [0.4, 0.5) is 0 Å². The van der Waals surface area contributed by atoms with Gasteiger partial charge in [-0.3, -0.25) is 0 Å². The molecule has 1 aromatic rings. The van der Waals surface area contributed by atoms with Crippen molar-refractivity contribution in [1.29, 1.82) is 0 Å². The van der Waals surface area contributed by atoms with Gasteiger partial charge in [0, 0.05) is 10.6 Å². The maximum atomic E-state index is 6.06. The number of halogens is 1. The summed E-state index contributed by atoms with van der Waals surface area (Å²) in [4.78, 5) is 0. The molecule has 0 aliphatic heterocycles. The first-order chi connectivity index (χ1) is 7.80. The van der Waals surface area contributed by atoms with Gasteiger partial charge in [0.25, 0.3) is 0 Å². The van der Waals surface area contributed by atoms with Crippen molar-refractivity contribution in [1.82, 2.24) is 0 Å². The smallest absolute Gasteiger partial charge is 0.211 e. The van der Waals surface area contributed by atoms with E-state index in [-0.39, 0.29) is 11.4 Å². The minimum Gasteiger partial charge on any atom is -0.369 e. The summed E-state index contributed by atoms with van der Waals surface area (Å²) in [7, 11) is 0. The third-order valence-electron chi connectivity index (χ3n) is 2.23. The molecule has 0 atom stereocenters. The number of hydrogen-bond acceptors (Lipinski definition) is 2. The average molecular weight is 253 g/mol. The molecule has 0 saturated heterocycles. The molecule has 0 aromatic heterocycles. The Labute approximate surface area is 106 Å². The zero-order valence-electron chi connectivity index (χ0n) is 10.2. The molecule has 0 radical (unpaired) electrons. The van der Waals surface area contributed by atoms with Crippen LogP contribution in [-0.2, 0) is 5.41 Å². The highest BCUT2D eigenvalue weighted by molar-refractivity contribution is 6.33. The number of guanidine groups is 1. The number of benzene rings is 1. The van der Waals surface area contributed by atoms with Crippen LogP contribution in [0.25, 0.3) is 0 Å². The van der Waals surface area contributed by atoms with E-state index in [1.807, 2.05) is 18.2 Å². The monoisotopic (exact) mass is 252 g/mol. The van der Waals surface area contributed by atoms with E-state index in [1.165, 1.54) is 11.8 Å². The molecule has 5 heteroatoms. The Balaban J connectivity index is 3.08. The van der Waals surface area contributed by atoms with Gasteiger partial charge in [-0.15, -0.1) is 5.10 Å². The lowest BCUT2D eigenvalue weighted by molar-refractivity contribution is 0.590. The van der Waals surface area contributed by atoms with Gasteiger partial charge < -0.3 is 11.5 Å². The summed E-state index contributed by atoms with van der Waals surface area (Å²) < 4.78 is 0. The first-order valence-electron chi connectivity index (χ1n) is 5.22. The predicted molar refractivity (Wildman–Crippen MR) is 73.6 cm³/mol. The van der Waals surface area contributed by atoms with Crippen molar-refractivity contribution in [3.63, 3.8) is 0 Å². The molecule has 0 aliphatic carbocycles. The van der Waals surface area contributed by atoms with Crippen molar-refractivity contribution >= 4 is 23.8 Å². The summed E-state index contributed by atoms with van der Waals surface area (Å²) in [6, 6.07) is 5.83.